The molecule has 1 aromatic carbocycles. The topological polar surface area (TPSA) is 42.0 Å². The molecular formula is C18H22N2OS. The molecule has 0 saturated heterocycles. The second kappa shape index (κ2) is 7.99. The van der Waals surface area contributed by atoms with E-state index < -0.39 is 0 Å². The average Bonchev–Trinajstić information content (AvgIpc) is 2.54. The molecule has 1 aromatic heterocycles. The lowest BCUT2D eigenvalue weighted by molar-refractivity contribution is -0.113. The molecule has 0 spiro atoms. The van der Waals surface area contributed by atoms with E-state index in [2.05, 4.69) is 42.3 Å². The van der Waals surface area contributed by atoms with Crippen LogP contribution >= 0.6 is 11.8 Å². The molecule has 0 aliphatic heterocycles. The fourth-order valence-corrected chi connectivity index (χ4v) is 2.90. The van der Waals surface area contributed by atoms with E-state index in [1.807, 2.05) is 25.3 Å². The fourth-order valence-electron chi connectivity index (χ4n) is 2.26. The maximum atomic E-state index is 12.2. The number of amides is 1. The summed E-state index contributed by atoms with van der Waals surface area (Å²) in [6.45, 7) is 6.22. The standard InChI is InChI=1S/C18H22N2OS/c1-4-14-7-6-8-15(5-2)18(14)20-16(21)12-22-17-10-9-13(3)11-19-17/h6-11H,4-5,12H2,1-3H3,(H,20,21). The van der Waals surface area contributed by atoms with Crippen molar-refractivity contribution in [3.8, 4) is 0 Å². The summed E-state index contributed by atoms with van der Waals surface area (Å²) >= 11 is 1.46. The Morgan fingerprint density at radius 3 is 2.36 bits per heavy atom. The third-order valence-electron chi connectivity index (χ3n) is 3.50. The lowest BCUT2D eigenvalue weighted by Gasteiger charge is -2.14. The number of aryl methyl sites for hydroxylation is 3. The normalized spacial score (nSPS) is 10.5. The lowest BCUT2D eigenvalue weighted by Crippen LogP contribution is -2.16. The van der Waals surface area contributed by atoms with Gasteiger partial charge in [0.15, 0.2) is 0 Å². The smallest absolute Gasteiger partial charge is 0.234 e. The number of pyridine rings is 1. The minimum Gasteiger partial charge on any atom is -0.325 e. The first-order valence-corrected chi connectivity index (χ1v) is 8.58. The van der Waals surface area contributed by atoms with Gasteiger partial charge in [-0.1, -0.05) is 49.9 Å². The van der Waals surface area contributed by atoms with Crippen molar-refractivity contribution in [3.05, 3.63) is 53.2 Å². The van der Waals surface area contributed by atoms with Gasteiger partial charge in [-0.2, -0.15) is 0 Å². The molecule has 0 aliphatic carbocycles. The summed E-state index contributed by atoms with van der Waals surface area (Å²) in [4.78, 5) is 16.5. The highest BCUT2D eigenvalue weighted by atomic mass is 32.2. The number of hydrogen-bond donors (Lipinski definition) is 1. The molecule has 0 fully saturated rings. The summed E-state index contributed by atoms with van der Waals surface area (Å²) in [7, 11) is 0. The Balaban J connectivity index is 2.01. The minimum atomic E-state index is 0.0166. The summed E-state index contributed by atoms with van der Waals surface area (Å²) in [5.74, 6) is 0.389. The molecule has 3 nitrogen and oxygen atoms in total. The van der Waals surface area contributed by atoms with E-state index in [1.165, 1.54) is 22.9 Å². The van der Waals surface area contributed by atoms with Crippen LogP contribution in [0.5, 0.6) is 0 Å². The van der Waals surface area contributed by atoms with E-state index in [4.69, 9.17) is 0 Å². The number of para-hydroxylation sites is 1. The Morgan fingerprint density at radius 1 is 1.14 bits per heavy atom. The molecule has 1 N–H and O–H groups in total. The third kappa shape index (κ3) is 4.34. The van der Waals surface area contributed by atoms with Crippen LogP contribution in [0.1, 0.15) is 30.5 Å². The first kappa shape index (κ1) is 16.6. The number of rotatable bonds is 6. The second-order valence-electron chi connectivity index (χ2n) is 5.17. The van der Waals surface area contributed by atoms with Crippen LogP contribution in [0.4, 0.5) is 5.69 Å². The first-order chi connectivity index (χ1) is 10.6. The number of carbonyl (C=O) groups is 1. The van der Waals surface area contributed by atoms with Gasteiger partial charge < -0.3 is 5.32 Å². The maximum Gasteiger partial charge on any atom is 0.234 e. The van der Waals surface area contributed by atoms with Crippen molar-refractivity contribution >= 4 is 23.4 Å². The van der Waals surface area contributed by atoms with Gasteiger partial charge in [0.25, 0.3) is 0 Å². The van der Waals surface area contributed by atoms with Crippen molar-refractivity contribution < 1.29 is 4.79 Å². The quantitative estimate of drug-likeness (QED) is 0.811. The van der Waals surface area contributed by atoms with Crippen molar-refractivity contribution in [1.29, 1.82) is 0 Å². The van der Waals surface area contributed by atoms with Crippen LogP contribution < -0.4 is 5.32 Å². The Bertz CT molecular complexity index is 616. The molecule has 1 amide bonds. The van der Waals surface area contributed by atoms with E-state index in [1.54, 1.807) is 0 Å². The van der Waals surface area contributed by atoms with Crippen LogP contribution in [0, 0.1) is 6.92 Å². The molecule has 0 radical (unpaired) electrons. The highest BCUT2D eigenvalue weighted by Gasteiger charge is 2.10. The number of benzene rings is 1. The summed E-state index contributed by atoms with van der Waals surface area (Å²) in [5, 5.41) is 3.95. The number of nitrogens with zero attached hydrogens (tertiary/aromatic N) is 1. The molecular weight excluding hydrogens is 292 g/mol. The van der Waals surface area contributed by atoms with Gasteiger partial charge in [-0.15, -0.1) is 0 Å². The van der Waals surface area contributed by atoms with Crippen molar-refractivity contribution in [2.45, 2.75) is 38.6 Å². The van der Waals surface area contributed by atoms with Crippen molar-refractivity contribution in [2.24, 2.45) is 0 Å². The van der Waals surface area contributed by atoms with Gasteiger partial charge in [0.05, 0.1) is 10.8 Å². The van der Waals surface area contributed by atoms with E-state index in [-0.39, 0.29) is 5.91 Å². The largest absolute Gasteiger partial charge is 0.325 e. The predicted molar refractivity (Wildman–Crippen MR) is 93.5 cm³/mol. The van der Waals surface area contributed by atoms with Crippen LogP contribution in [-0.4, -0.2) is 16.6 Å². The number of thioether (sulfide) groups is 1. The average molecular weight is 314 g/mol. The number of anilines is 1. The van der Waals surface area contributed by atoms with Gasteiger partial charge >= 0.3 is 0 Å². The molecule has 2 rings (SSSR count). The van der Waals surface area contributed by atoms with Crippen molar-refractivity contribution in [1.82, 2.24) is 4.98 Å². The van der Waals surface area contributed by atoms with Gasteiger partial charge in [0.2, 0.25) is 5.91 Å². The van der Waals surface area contributed by atoms with E-state index in [0.717, 1.165) is 29.1 Å². The molecule has 0 atom stereocenters. The lowest BCUT2D eigenvalue weighted by atomic mass is 10.0. The van der Waals surface area contributed by atoms with Crippen LogP contribution in [-0.2, 0) is 17.6 Å². The molecule has 0 aliphatic rings. The molecule has 0 saturated carbocycles. The number of aromatic nitrogens is 1. The molecule has 2 aromatic rings. The molecule has 4 heteroatoms. The van der Waals surface area contributed by atoms with Gasteiger partial charge in [0.1, 0.15) is 0 Å². The van der Waals surface area contributed by atoms with Gasteiger partial charge in [-0.05, 0) is 42.5 Å². The third-order valence-corrected chi connectivity index (χ3v) is 4.44. The van der Waals surface area contributed by atoms with E-state index in [0.29, 0.717) is 5.75 Å². The Hall–Kier alpha value is -1.81. The Kier molecular flexibility index (Phi) is 6.01. The zero-order chi connectivity index (χ0) is 15.9. The molecule has 1 heterocycles. The van der Waals surface area contributed by atoms with Crippen molar-refractivity contribution in [2.75, 3.05) is 11.1 Å². The second-order valence-corrected chi connectivity index (χ2v) is 6.16. The molecule has 0 unspecified atom stereocenters. The zero-order valence-electron chi connectivity index (χ0n) is 13.3. The van der Waals surface area contributed by atoms with Gasteiger partial charge in [-0.25, -0.2) is 4.98 Å². The van der Waals surface area contributed by atoms with Crippen molar-refractivity contribution in [3.63, 3.8) is 0 Å². The molecule has 22 heavy (non-hydrogen) atoms. The monoisotopic (exact) mass is 314 g/mol. The fraction of sp³-hybridized carbons (Fsp3) is 0.333. The zero-order valence-corrected chi connectivity index (χ0v) is 14.2. The van der Waals surface area contributed by atoms with Gasteiger partial charge in [-0.3, -0.25) is 4.79 Å². The number of hydrogen-bond acceptors (Lipinski definition) is 3. The summed E-state index contributed by atoms with van der Waals surface area (Å²) in [6.07, 6.45) is 3.65. The van der Waals surface area contributed by atoms with Crippen LogP contribution in [0.3, 0.4) is 0 Å². The predicted octanol–water partition coefficient (Wildman–Crippen LogP) is 4.25. The summed E-state index contributed by atoms with van der Waals surface area (Å²) in [5.41, 5.74) is 4.48. The Morgan fingerprint density at radius 2 is 1.82 bits per heavy atom. The first-order valence-electron chi connectivity index (χ1n) is 7.60. The van der Waals surface area contributed by atoms with Gasteiger partial charge in [0, 0.05) is 11.9 Å². The summed E-state index contributed by atoms with van der Waals surface area (Å²) < 4.78 is 0. The van der Waals surface area contributed by atoms with Crippen LogP contribution in [0.25, 0.3) is 0 Å². The summed E-state index contributed by atoms with van der Waals surface area (Å²) in [6, 6.07) is 10.2. The SMILES string of the molecule is CCc1cccc(CC)c1NC(=O)CSc1ccc(C)cn1. The number of carbonyl (C=O) groups excluding carboxylic acids is 1. The van der Waals surface area contributed by atoms with Crippen LogP contribution in [0.15, 0.2) is 41.6 Å². The van der Waals surface area contributed by atoms with E-state index in [9.17, 15) is 4.79 Å². The maximum absolute atomic E-state index is 12.2. The van der Waals surface area contributed by atoms with E-state index >= 15 is 0 Å². The van der Waals surface area contributed by atoms with Crippen LogP contribution in [0.2, 0.25) is 0 Å². The minimum absolute atomic E-state index is 0.0166. The Labute approximate surface area is 136 Å². The highest BCUT2D eigenvalue weighted by molar-refractivity contribution is 7.99. The molecule has 116 valence electrons. The highest BCUT2D eigenvalue weighted by Crippen LogP contribution is 2.23. The molecule has 0 bridgehead atoms. The number of nitrogens with one attached hydrogen (secondary N) is 1.